The third kappa shape index (κ3) is 5.95. The Hall–Kier alpha value is -3.00. The van der Waals surface area contributed by atoms with Gasteiger partial charge in [-0.25, -0.2) is 9.37 Å². The lowest BCUT2D eigenvalue weighted by Crippen LogP contribution is -2.34. The minimum Gasteiger partial charge on any atom is -0.396 e. The van der Waals surface area contributed by atoms with E-state index in [1.165, 1.54) is 31.7 Å². The van der Waals surface area contributed by atoms with Gasteiger partial charge in [0, 0.05) is 49.1 Å². The zero-order valence-electron chi connectivity index (χ0n) is 21.7. The van der Waals surface area contributed by atoms with Crippen LogP contribution in [0.2, 0.25) is 0 Å². The zero-order valence-corrected chi connectivity index (χ0v) is 21.7. The van der Waals surface area contributed by atoms with Crippen molar-refractivity contribution in [3.8, 4) is 0 Å². The van der Waals surface area contributed by atoms with Gasteiger partial charge in [-0.15, -0.1) is 0 Å². The first-order valence-electron chi connectivity index (χ1n) is 13.8. The van der Waals surface area contributed by atoms with Gasteiger partial charge in [-0.2, -0.15) is 4.98 Å². The molecule has 1 atom stereocenters. The van der Waals surface area contributed by atoms with E-state index < -0.39 is 0 Å². The quantitative estimate of drug-likeness (QED) is 0.381. The molecule has 5 rings (SSSR count). The summed E-state index contributed by atoms with van der Waals surface area (Å²) in [7, 11) is 0. The summed E-state index contributed by atoms with van der Waals surface area (Å²) in [4.78, 5) is 24.1. The Balaban J connectivity index is 1.31. The Bertz CT molecular complexity index is 1260. The molecule has 8 heteroatoms. The van der Waals surface area contributed by atoms with Crippen molar-refractivity contribution in [2.24, 2.45) is 11.8 Å². The molecule has 1 aromatic carbocycles. The molecule has 1 saturated heterocycles. The van der Waals surface area contributed by atoms with Crippen LogP contribution in [0.4, 0.5) is 21.7 Å². The van der Waals surface area contributed by atoms with Crippen molar-refractivity contribution in [3.63, 3.8) is 0 Å². The van der Waals surface area contributed by atoms with E-state index in [-0.39, 0.29) is 24.0 Å². The molecule has 0 radical (unpaired) electrons. The molecular weight excluding hydrogens is 469 g/mol. The van der Waals surface area contributed by atoms with Crippen LogP contribution in [-0.4, -0.2) is 39.3 Å². The predicted octanol–water partition coefficient (Wildman–Crippen LogP) is 5.80. The summed E-state index contributed by atoms with van der Waals surface area (Å²) in [6.45, 7) is 3.98. The molecule has 198 valence electrons. The van der Waals surface area contributed by atoms with E-state index in [9.17, 15) is 4.79 Å². The summed E-state index contributed by atoms with van der Waals surface area (Å²) >= 11 is 0. The van der Waals surface area contributed by atoms with E-state index in [2.05, 4.69) is 22.1 Å². The summed E-state index contributed by atoms with van der Waals surface area (Å²) < 4.78 is 16.9. The van der Waals surface area contributed by atoms with Crippen molar-refractivity contribution >= 4 is 28.4 Å². The first-order valence-corrected chi connectivity index (χ1v) is 13.8. The second-order valence-corrected chi connectivity index (χ2v) is 10.8. The van der Waals surface area contributed by atoms with Gasteiger partial charge in [0.2, 0.25) is 5.95 Å². The van der Waals surface area contributed by atoms with Crippen LogP contribution in [0.3, 0.4) is 0 Å². The van der Waals surface area contributed by atoms with Crippen LogP contribution < -0.4 is 15.8 Å². The number of anilines is 3. The molecule has 37 heavy (non-hydrogen) atoms. The number of piperidine rings is 1. The molecule has 0 spiro atoms. The molecule has 0 amide bonds. The van der Waals surface area contributed by atoms with Crippen LogP contribution in [0.1, 0.15) is 70.8 Å². The fourth-order valence-electron chi connectivity index (χ4n) is 6.17. The first kappa shape index (κ1) is 25.6. The van der Waals surface area contributed by atoms with Gasteiger partial charge in [0.05, 0.1) is 5.69 Å². The number of hydrogen-bond donors (Lipinski definition) is 2. The number of nitrogens with zero attached hydrogens (tertiary/aromatic N) is 4. The Morgan fingerprint density at radius 1 is 1.11 bits per heavy atom. The summed E-state index contributed by atoms with van der Waals surface area (Å²) in [6.07, 6.45) is 11.6. The molecular formula is C29H38FN5O2. The molecule has 0 bridgehead atoms. The van der Waals surface area contributed by atoms with Crippen LogP contribution in [0.5, 0.6) is 0 Å². The van der Waals surface area contributed by atoms with Crippen LogP contribution in [0.25, 0.3) is 11.0 Å². The fourth-order valence-corrected chi connectivity index (χ4v) is 6.17. The average molecular weight is 508 g/mol. The van der Waals surface area contributed by atoms with Crippen molar-refractivity contribution in [1.29, 1.82) is 0 Å². The van der Waals surface area contributed by atoms with E-state index in [1.54, 1.807) is 22.9 Å². The maximum absolute atomic E-state index is 15.1. The van der Waals surface area contributed by atoms with Gasteiger partial charge in [0.15, 0.2) is 0 Å². The molecule has 2 aromatic heterocycles. The molecule has 1 aliphatic carbocycles. The van der Waals surface area contributed by atoms with Gasteiger partial charge in [-0.1, -0.05) is 25.7 Å². The monoisotopic (exact) mass is 507 g/mol. The number of halogens is 1. The second kappa shape index (κ2) is 11.6. The van der Waals surface area contributed by atoms with Crippen molar-refractivity contribution in [2.45, 2.75) is 70.8 Å². The van der Waals surface area contributed by atoms with Gasteiger partial charge in [0.25, 0.3) is 5.56 Å². The van der Waals surface area contributed by atoms with Crippen molar-refractivity contribution in [3.05, 3.63) is 52.7 Å². The Morgan fingerprint density at radius 2 is 1.89 bits per heavy atom. The Morgan fingerprint density at radius 3 is 2.62 bits per heavy atom. The number of aromatic nitrogens is 3. The van der Waals surface area contributed by atoms with Crippen molar-refractivity contribution < 1.29 is 9.50 Å². The maximum atomic E-state index is 15.1. The van der Waals surface area contributed by atoms with Crippen LogP contribution in [-0.2, 0) is 0 Å². The second-order valence-electron chi connectivity index (χ2n) is 10.8. The summed E-state index contributed by atoms with van der Waals surface area (Å²) in [5.41, 5.74) is 1.73. The van der Waals surface area contributed by atoms with Crippen LogP contribution >= 0.6 is 0 Å². The first-order chi connectivity index (χ1) is 18.0. The Labute approximate surface area is 217 Å². The molecule has 2 aliphatic rings. The predicted molar refractivity (Wildman–Crippen MR) is 146 cm³/mol. The summed E-state index contributed by atoms with van der Waals surface area (Å²) in [5, 5.41) is 13.0. The number of fused-ring (bicyclic) bond motifs is 1. The molecule has 1 saturated carbocycles. The molecule has 7 nitrogen and oxygen atoms in total. The highest BCUT2D eigenvalue weighted by Crippen LogP contribution is 2.33. The van der Waals surface area contributed by atoms with E-state index in [0.29, 0.717) is 34.8 Å². The Kier molecular flexibility index (Phi) is 8.03. The zero-order chi connectivity index (χ0) is 25.8. The van der Waals surface area contributed by atoms with Gasteiger partial charge < -0.3 is 15.3 Å². The van der Waals surface area contributed by atoms with E-state index in [0.717, 1.165) is 50.6 Å². The van der Waals surface area contributed by atoms with Crippen LogP contribution in [0, 0.1) is 17.7 Å². The maximum Gasteiger partial charge on any atom is 0.252 e. The minimum absolute atomic E-state index is 0.0477. The average Bonchev–Trinajstić information content (AvgIpc) is 3.41. The molecule has 3 heterocycles. The van der Waals surface area contributed by atoms with Gasteiger partial charge in [-0.3, -0.25) is 9.36 Å². The fraction of sp³-hybridized carbons (Fsp3) is 0.552. The lowest BCUT2D eigenvalue weighted by Gasteiger charge is -2.34. The summed E-state index contributed by atoms with van der Waals surface area (Å²) in [6, 6.07) is 8.56. The molecule has 1 aliphatic heterocycles. The highest BCUT2D eigenvalue weighted by atomic mass is 19.1. The number of pyridine rings is 1. The van der Waals surface area contributed by atoms with Crippen molar-refractivity contribution in [1.82, 2.24) is 14.5 Å². The highest BCUT2D eigenvalue weighted by molar-refractivity contribution is 5.76. The van der Waals surface area contributed by atoms with Crippen LogP contribution in [0.15, 0.2) is 41.3 Å². The third-order valence-electron chi connectivity index (χ3n) is 8.19. The number of benzene rings is 1. The lowest BCUT2D eigenvalue weighted by molar-refractivity contribution is 0.261. The van der Waals surface area contributed by atoms with E-state index >= 15 is 4.39 Å². The number of hydrogen-bond acceptors (Lipinski definition) is 6. The largest absolute Gasteiger partial charge is 0.396 e. The number of rotatable bonds is 9. The van der Waals surface area contributed by atoms with Gasteiger partial charge in [0.1, 0.15) is 11.5 Å². The lowest BCUT2D eigenvalue weighted by atomic mass is 9.92. The van der Waals surface area contributed by atoms with E-state index in [4.69, 9.17) is 10.1 Å². The number of aliphatic hydroxyl groups is 1. The van der Waals surface area contributed by atoms with E-state index in [1.807, 2.05) is 12.1 Å². The SMILES string of the molecule is CC(CC1CCCC1)n1c(=O)ccc2cnc(Nc3ccc(N4CCC(CCCO)CC4)c(F)c3)nc21. The van der Waals surface area contributed by atoms with Gasteiger partial charge >= 0.3 is 0 Å². The normalized spacial score (nSPS) is 18.0. The molecule has 3 aromatic rings. The van der Waals surface area contributed by atoms with Gasteiger partial charge in [-0.05, 0) is 75.1 Å². The highest BCUT2D eigenvalue weighted by Gasteiger charge is 2.22. The molecule has 1 unspecified atom stereocenters. The standard InChI is InChI=1S/C29H38FN5O2/c1-20(17-22-5-2-3-6-22)35-27(37)11-8-23-19-31-29(33-28(23)35)32-24-9-10-26(25(30)18-24)34-14-12-21(13-15-34)7-4-16-36/h8-11,18-22,36H,2-7,12-17H2,1H3,(H,31,32,33). The molecule has 2 fully saturated rings. The number of aliphatic hydroxyl groups excluding tert-OH is 1. The topological polar surface area (TPSA) is 83.3 Å². The number of nitrogens with one attached hydrogen (secondary N) is 1. The third-order valence-corrected chi connectivity index (χ3v) is 8.19. The summed E-state index contributed by atoms with van der Waals surface area (Å²) in [5.74, 6) is 1.33. The molecule has 2 N–H and O–H groups in total. The van der Waals surface area contributed by atoms with Crippen molar-refractivity contribution in [2.75, 3.05) is 29.9 Å². The minimum atomic E-state index is -0.276. The smallest absolute Gasteiger partial charge is 0.252 e.